The minimum atomic E-state index is -0.340. The number of carbonyl (C=O) groups excluding carboxylic acids is 1. The third kappa shape index (κ3) is 3.33. The van der Waals surface area contributed by atoms with Gasteiger partial charge in [-0.25, -0.2) is 4.98 Å². The van der Waals surface area contributed by atoms with E-state index in [9.17, 15) is 4.79 Å². The van der Waals surface area contributed by atoms with Crippen LogP contribution in [0.15, 0.2) is 40.2 Å². The number of nitrogens with zero attached hydrogens (tertiary/aromatic N) is 4. The Kier molecular flexibility index (Phi) is 4.67. The lowest BCUT2D eigenvalue weighted by atomic mass is 10.1. The first-order chi connectivity index (χ1) is 12.7. The van der Waals surface area contributed by atoms with E-state index in [-0.39, 0.29) is 11.7 Å². The van der Waals surface area contributed by atoms with Crippen molar-refractivity contribution in [1.82, 2.24) is 25.4 Å². The van der Waals surface area contributed by atoms with Crippen molar-refractivity contribution in [3.8, 4) is 0 Å². The first-order valence-electron chi connectivity index (χ1n) is 7.87. The van der Waals surface area contributed by atoms with Crippen molar-refractivity contribution in [2.24, 2.45) is 0 Å². The van der Waals surface area contributed by atoms with Gasteiger partial charge in [0.2, 0.25) is 5.13 Å². The molecule has 0 fully saturated rings. The van der Waals surface area contributed by atoms with Crippen LogP contribution in [0.5, 0.6) is 0 Å². The Balaban J connectivity index is 1.64. The van der Waals surface area contributed by atoms with Crippen molar-refractivity contribution in [3.63, 3.8) is 0 Å². The van der Waals surface area contributed by atoms with Crippen molar-refractivity contribution >= 4 is 45.1 Å². The smallest absolute Gasteiger partial charge is 0.293 e. The van der Waals surface area contributed by atoms with E-state index in [1.54, 1.807) is 0 Å². The summed E-state index contributed by atoms with van der Waals surface area (Å²) in [6.07, 6.45) is 2.22. The van der Waals surface area contributed by atoms with E-state index >= 15 is 0 Å². The molecule has 0 aliphatic heterocycles. The van der Waals surface area contributed by atoms with Gasteiger partial charge in [0.25, 0.3) is 5.91 Å². The largest absolute Gasteiger partial charge is 0.451 e. The highest BCUT2D eigenvalue weighted by molar-refractivity contribution is 7.98. The lowest BCUT2D eigenvalue weighted by Gasteiger charge is -2.02. The summed E-state index contributed by atoms with van der Waals surface area (Å²) < 4.78 is 5.82. The van der Waals surface area contributed by atoms with Gasteiger partial charge in [-0.1, -0.05) is 48.2 Å². The standard InChI is InChI=1S/C16H14N6O2S2/c1-2-12-20-22-16(26-12)19-14(23)13-10(7-25-15-17-8-18-21-15)9-5-3-4-6-11(9)24-13/h3-6,8H,2,7H2,1H3,(H,17,18,21)(H,19,22,23). The number of aromatic amines is 1. The number of fused-ring (bicyclic) bond motifs is 1. The van der Waals surface area contributed by atoms with Crippen LogP contribution in [0.3, 0.4) is 0 Å². The van der Waals surface area contributed by atoms with Crippen LogP contribution in [0.2, 0.25) is 0 Å². The fraction of sp³-hybridized carbons (Fsp3) is 0.188. The number of hydrogen-bond acceptors (Lipinski definition) is 8. The fourth-order valence-electron chi connectivity index (χ4n) is 2.43. The fourth-order valence-corrected chi connectivity index (χ4v) is 3.91. The number of furan rings is 1. The Morgan fingerprint density at radius 1 is 1.35 bits per heavy atom. The number of anilines is 1. The van der Waals surface area contributed by atoms with E-state index < -0.39 is 0 Å². The van der Waals surface area contributed by atoms with Gasteiger partial charge in [0.05, 0.1) is 0 Å². The zero-order chi connectivity index (χ0) is 17.9. The van der Waals surface area contributed by atoms with Crippen molar-refractivity contribution < 1.29 is 9.21 Å². The molecule has 0 aliphatic rings. The maximum Gasteiger partial charge on any atom is 0.293 e. The molecule has 132 valence electrons. The normalized spacial score (nSPS) is 11.1. The van der Waals surface area contributed by atoms with Gasteiger partial charge in [-0.15, -0.1) is 10.2 Å². The van der Waals surface area contributed by atoms with Crippen molar-refractivity contribution in [2.75, 3.05) is 5.32 Å². The molecule has 0 atom stereocenters. The number of rotatable bonds is 6. The van der Waals surface area contributed by atoms with Crippen LogP contribution in [0.25, 0.3) is 11.0 Å². The molecule has 0 spiro atoms. The quantitative estimate of drug-likeness (QED) is 0.488. The van der Waals surface area contributed by atoms with E-state index in [1.807, 2.05) is 31.2 Å². The summed E-state index contributed by atoms with van der Waals surface area (Å²) in [5, 5.41) is 20.3. The van der Waals surface area contributed by atoms with Crippen molar-refractivity contribution in [3.05, 3.63) is 46.9 Å². The zero-order valence-electron chi connectivity index (χ0n) is 13.7. The van der Waals surface area contributed by atoms with Crippen LogP contribution < -0.4 is 5.32 Å². The summed E-state index contributed by atoms with van der Waals surface area (Å²) in [6.45, 7) is 1.99. The topological polar surface area (TPSA) is 110 Å². The van der Waals surface area contributed by atoms with Crippen LogP contribution in [0, 0.1) is 0 Å². The summed E-state index contributed by atoms with van der Waals surface area (Å²) in [7, 11) is 0. The lowest BCUT2D eigenvalue weighted by molar-refractivity contribution is 0.0997. The molecule has 8 nitrogen and oxygen atoms in total. The summed E-state index contributed by atoms with van der Waals surface area (Å²) >= 11 is 2.81. The molecule has 0 unspecified atom stereocenters. The summed E-state index contributed by atoms with van der Waals surface area (Å²) in [5.41, 5.74) is 1.47. The molecule has 3 heterocycles. The third-order valence-corrected chi connectivity index (χ3v) is 5.53. The molecule has 3 aromatic heterocycles. The first-order valence-corrected chi connectivity index (χ1v) is 9.67. The number of benzene rings is 1. The minimum Gasteiger partial charge on any atom is -0.451 e. The van der Waals surface area contributed by atoms with Gasteiger partial charge in [0, 0.05) is 16.7 Å². The molecule has 0 saturated carbocycles. The van der Waals surface area contributed by atoms with E-state index in [0.29, 0.717) is 21.6 Å². The molecule has 10 heteroatoms. The monoisotopic (exact) mass is 386 g/mol. The van der Waals surface area contributed by atoms with Crippen molar-refractivity contribution in [1.29, 1.82) is 0 Å². The number of amides is 1. The van der Waals surface area contributed by atoms with Crippen molar-refractivity contribution in [2.45, 2.75) is 24.3 Å². The second-order valence-electron chi connectivity index (χ2n) is 5.29. The van der Waals surface area contributed by atoms with E-state index in [2.05, 4.69) is 30.7 Å². The number of para-hydroxylation sites is 1. The number of carbonyl (C=O) groups is 1. The van der Waals surface area contributed by atoms with Gasteiger partial charge in [0.15, 0.2) is 10.9 Å². The average Bonchev–Trinajstić information content (AvgIpc) is 3.39. The Morgan fingerprint density at radius 2 is 2.23 bits per heavy atom. The maximum atomic E-state index is 12.8. The number of nitrogens with one attached hydrogen (secondary N) is 2. The SMILES string of the molecule is CCc1nnc(NC(=O)c2oc3ccccc3c2CSc2ncn[nH]2)s1. The van der Waals surface area contributed by atoms with Crippen LogP contribution in [-0.4, -0.2) is 31.3 Å². The summed E-state index contributed by atoms with van der Waals surface area (Å²) in [6, 6.07) is 7.57. The molecule has 2 N–H and O–H groups in total. The Bertz CT molecular complexity index is 1040. The van der Waals surface area contributed by atoms with Crippen LogP contribution in [0.4, 0.5) is 5.13 Å². The van der Waals surface area contributed by atoms with Crippen LogP contribution in [-0.2, 0) is 12.2 Å². The Labute approximate surface area is 156 Å². The second-order valence-corrected chi connectivity index (χ2v) is 7.32. The summed E-state index contributed by atoms with van der Waals surface area (Å²) in [5.74, 6) is 0.449. The van der Waals surface area contributed by atoms with E-state index in [4.69, 9.17) is 4.42 Å². The molecule has 0 bridgehead atoms. The molecular weight excluding hydrogens is 372 g/mol. The molecular formula is C16H14N6O2S2. The molecule has 4 aromatic rings. The first kappa shape index (κ1) is 16.7. The molecule has 4 rings (SSSR count). The average molecular weight is 386 g/mol. The molecule has 0 saturated heterocycles. The third-order valence-electron chi connectivity index (χ3n) is 3.64. The predicted molar refractivity (Wildman–Crippen MR) is 99.4 cm³/mol. The predicted octanol–water partition coefficient (Wildman–Crippen LogP) is 3.51. The second kappa shape index (κ2) is 7.26. The summed E-state index contributed by atoms with van der Waals surface area (Å²) in [4.78, 5) is 16.9. The van der Waals surface area contributed by atoms with Gasteiger partial charge < -0.3 is 4.42 Å². The Morgan fingerprint density at radius 3 is 3.00 bits per heavy atom. The number of aryl methyl sites for hydroxylation is 1. The Hall–Kier alpha value is -2.72. The van der Waals surface area contributed by atoms with Gasteiger partial charge in [0.1, 0.15) is 16.9 Å². The van der Waals surface area contributed by atoms with Gasteiger partial charge in [-0.2, -0.15) is 5.10 Å². The maximum absolute atomic E-state index is 12.8. The highest BCUT2D eigenvalue weighted by atomic mass is 32.2. The highest BCUT2D eigenvalue weighted by Crippen LogP contribution is 2.31. The van der Waals surface area contributed by atoms with E-state index in [1.165, 1.54) is 29.4 Å². The van der Waals surface area contributed by atoms with Gasteiger partial charge in [-0.05, 0) is 12.5 Å². The number of hydrogen-bond donors (Lipinski definition) is 2. The molecule has 0 aliphatic carbocycles. The lowest BCUT2D eigenvalue weighted by Crippen LogP contribution is -2.12. The minimum absolute atomic E-state index is 0.270. The zero-order valence-corrected chi connectivity index (χ0v) is 15.4. The van der Waals surface area contributed by atoms with Gasteiger partial charge >= 0.3 is 0 Å². The number of thioether (sulfide) groups is 1. The molecule has 1 aromatic carbocycles. The number of H-pyrrole nitrogens is 1. The highest BCUT2D eigenvalue weighted by Gasteiger charge is 2.22. The van der Waals surface area contributed by atoms with Gasteiger partial charge in [-0.3, -0.25) is 15.2 Å². The number of aromatic nitrogens is 5. The molecule has 26 heavy (non-hydrogen) atoms. The van der Waals surface area contributed by atoms with Crippen LogP contribution in [0.1, 0.15) is 28.0 Å². The van der Waals surface area contributed by atoms with Crippen LogP contribution >= 0.6 is 23.1 Å². The molecule has 0 radical (unpaired) electrons. The van der Waals surface area contributed by atoms with E-state index in [0.717, 1.165) is 22.4 Å². The molecule has 1 amide bonds.